The molecule has 0 saturated heterocycles. The highest BCUT2D eigenvalue weighted by Gasteiger charge is 2.33. The molecule has 214 valence electrons. The summed E-state index contributed by atoms with van der Waals surface area (Å²) < 4.78 is 34.3. The van der Waals surface area contributed by atoms with E-state index in [9.17, 15) is 18.0 Å². The van der Waals surface area contributed by atoms with E-state index in [-0.39, 0.29) is 17.3 Å². The van der Waals surface area contributed by atoms with E-state index in [0.717, 1.165) is 15.4 Å². The lowest BCUT2D eigenvalue weighted by atomic mass is 10.1. The quantitative estimate of drug-likeness (QED) is 0.356. The summed E-state index contributed by atoms with van der Waals surface area (Å²) >= 11 is 0. The molecule has 9 heteroatoms. The third-order valence-corrected chi connectivity index (χ3v) is 7.97. The number of ether oxygens (including phenoxy) is 1. The van der Waals surface area contributed by atoms with Crippen LogP contribution in [0.5, 0.6) is 5.75 Å². The van der Waals surface area contributed by atoms with Gasteiger partial charge in [-0.1, -0.05) is 48.0 Å². The van der Waals surface area contributed by atoms with Crippen molar-refractivity contribution in [2.45, 2.75) is 64.6 Å². The van der Waals surface area contributed by atoms with Gasteiger partial charge in [-0.3, -0.25) is 13.9 Å². The fraction of sp³-hybridized carbons (Fsp3) is 0.355. The predicted octanol–water partition coefficient (Wildman–Crippen LogP) is 4.92. The molecule has 0 aliphatic rings. The number of hydrogen-bond acceptors (Lipinski definition) is 5. The molecule has 1 atom stereocenters. The van der Waals surface area contributed by atoms with Crippen LogP contribution in [-0.4, -0.2) is 49.9 Å². The Hall–Kier alpha value is -3.85. The molecule has 1 unspecified atom stereocenters. The van der Waals surface area contributed by atoms with Crippen LogP contribution in [0.25, 0.3) is 0 Å². The van der Waals surface area contributed by atoms with Gasteiger partial charge in [0.1, 0.15) is 18.3 Å². The first-order valence-corrected chi connectivity index (χ1v) is 14.7. The molecule has 3 aromatic rings. The Labute approximate surface area is 238 Å². The Morgan fingerprint density at radius 2 is 1.52 bits per heavy atom. The van der Waals surface area contributed by atoms with E-state index >= 15 is 0 Å². The van der Waals surface area contributed by atoms with E-state index in [1.807, 2.05) is 58.9 Å². The molecular weight excluding hydrogens is 526 g/mol. The SMILES string of the molecule is CCOc1ccc(N(CC(=O)N(Cc2ccc(C)cc2)C(C)C(=O)NC(C)(C)C)S(=O)(=O)c2ccccc2)cc1. The van der Waals surface area contributed by atoms with Crippen molar-refractivity contribution in [3.63, 3.8) is 0 Å². The van der Waals surface area contributed by atoms with Crippen LogP contribution in [-0.2, 0) is 26.2 Å². The number of nitrogens with zero attached hydrogens (tertiary/aromatic N) is 2. The van der Waals surface area contributed by atoms with E-state index in [1.54, 1.807) is 49.4 Å². The van der Waals surface area contributed by atoms with Gasteiger partial charge >= 0.3 is 0 Å². The Morgan fingerprint density at radius 1 is 0.925 bits per heavy atom. The summed E-state index contributed by atoms with van der Waals surface area (Å²) in [5.41, 5.74) is 1.70. The predicted molar refractivity (Wildman–Crippen MR) is 158 cm³/mol. The number of carbonyl (C=O) groups excluding carboxylic acids is 2. The van der Waals surface area contributed by atoms with E-state index in [4.69, 9.17) is 4.74 Å². The van der Waals surface area contributed by atoms with Gasteiger partial charge in [-0.2, -0.15) is 0 Å². The second-order valence-electron chi connectivity index (χ2n) is 10.7. The molecular formula is C31H39N3O5S. The van der Waals surface area contributed by atoms with Crippen molar-refractivity contribution in [2.24, 2.45) is 0 Å². The van der Waals surface area contributed by atoms with E-state index < -0.39 is 34.1 Å². The maximum atomic E-state index is 14.0. The van der Waals surface area contributed by atoms with Gasteiger partial charge in [-0.05, 0) is 83.5 Å². The number of amides is 2. The molecule has 0 aliphatic carbocycles. The normalized spacial score (nSPS) is 12.3. The van der Waals surface area contributed by atoms with Crippen molar-refractivity contribution in [1.82, 2.24) is 10.2 Å². The summed E-state index contributed by atoms with van der Waals surface area (Å²) in [5, 5.41) is 2.93. The Kier molecular flexibility index (Phi) is 9.98. The average molecular weight is 566 g/mol. The van der Waals surface area contributed by atoms with Crippen molar-refractivity contribution in [3.8, 4) is 5.75 Å². The molecule has 0 heterocycles. The number of benzene rings is 3. The van der Waals surface area contributed by atoms with Crippen LogP contribution in [0.4, 0.5) is 5.69 Å². The molecule has 0 spiro atoms. The summed E-state index contributed by atoms with van der Waals surface area (Å²) in [7, 11) is -4.12. The number of anilines is 1. The smallest absolute Gasteiger partial charge is 0.264 e. The van der Waals surface area contributed by atoms with Crippen LogP contribution >= 0.6 is 0 Å². The number of nitrogens with one attached hydrogen (secondary N) is 1. The van der Waals surface area contributed by atoms with Gasteiger partial charge in [0.05, 0.1) is 17.2 Å². The molecule has 0 aromatic heterocycles. The molecule has 0 aliphatic heterocycles. The lowest BCUT2D eigenvalue weighted by Crippen LogP contribution is -2.54. The van der Waals surface area contributed by atoms with Crippen LogP contribution in [0.3, 0.4) is 0 Å². The molecule has 1 N–H and O–H groups in total. The zero-order chi connectivity index (χ0) is 29.5. The van der Waals surface area contributed by atoms with Crippen LogP contribution in [0.2, 0.25) is 0 Å². The standard InChI is InChI=1S/C31H39N3O5S/c1-7-39-27-19-17-26(18-20-27)34(40(37,38)28-11-9-8-10-12-28)22-29(35)33(21-25-15-13-23(2)14-16-25)24(3)30(36)32-31(4,5)6/h8-20,24H,7,21-22H2,1-6H3,(H,32,36). The largest absolute Gasteiger partial charge is 0.494 e. The zero-order valence-electron chi connectivity index (χ0n) is 24.0. The molecule has 0 fully saturated rings. The Morgan fingerprint density at radius 3 is 2.08 bits per heavy atom. The first kappa shape index (κ1) is 30.7. The molecule has 0 bridgehead atoms. The highest BCUT2D eigenvalue weighted by atomic mass is 32.2. The summed E-state index contributed by atoms with van der Waals surface area (Å²) in [6.07, 6.45) is 0. The molecule has 3 rings (SSSR count). The summed E-state index contributed by atoms with van der Waals surface area (Å²) in [6, 6.07) is 21.3. The highest BCUT2D eigenvalue weighted by molar-refractivity contribution is 7.92. The van der Waals surface area contributed by atoms with Crippen molar-refractivity contribution in [2.75, 3.05) is 17.5 Å². The number of hydrogen-bond donors (Lipinski definition) is 1. The maximum Gasteiger partial charge on any atom is 0.264 e. The van der Waals surface area contributed by atoms with Crippen LogP contribution < -0.4 is 14.4 Å². The minimum Gasteiger partial charge on any atom is -0.494 e. The van der Waals surface area contributed by atoms with Gasteiger partial charge in [-0.15, -0.1) is 0 Å². The van der Waals surface area contributed by atoms with Crippen molar-refractivity contribution < 1.29 is 22.7 Å². The van der Waals surface area contributed by atoms with E-state index in [1.165, 1.54) is 17.0 Å². The minimum absolute atomic E-state index is 0.0558. The lowest BCUT2D eigenvalue weighted by Gasteiger charge is -2.33. The molecule has 8 nitrogen and oxygen atoms in total. The highest BCUT2D eigenvalue weighted by Crippen LogP contribution is 2.26. The van der Waals surface area contributed by atoms with Gasteiger partial charge in [-0.25, -0.2) is 8.42 Å². The summed E-state index contributed by atoms with van der Waals surface area (Å²) in [5.74, 6) is -0.250. The zero-order valence-corrected chi connectivity index (χ0v) is 24.9. The Bertz CT molecular complexity index is 1380. The van der Waals surface area contributed by atoms with Gasteiger partial charge < -0.3 is 15.0 Å². The third kappa shape index (κ3) is 8.08. The third-order valence-electron chi connectivity index (χ3n) is 6.18. The summed E-state index contributed by atoms with van der Waals surface area (Å²) in [4.78, 5) is 28.6. The first-order chi connectivity index (χ1) is 18.8. The molecule has 3 aromatic carbocycles. The molecule has 2 amide bonds. The Balaban J connectivity index is 2.02. The van der Waals surface area contributed by atoms with E-state index in [2.05, 4.69) is 5.32 Å². The first-order valence-electron chi connectivity index (χ1n) is 13.3. The minimum atomic E-state index is -4.12. The molecule has 0 saturated carbocycles. The van der Waals surface area contributed by atoms with Crippen LogP contribution in [0.1, 0.15) is 45.7 Å². The number of aryl methyl sites for hydroxylation is 1. The maximum absolute atomic E-state index is 14.0. The number of sulfonamides is 1. The van der Waals surface area contributed by atoms with Gasteiger partial charge in [0.25, 0.3) is 10.0 Å². The van der Waals surface area contributed by atoms with Gasteiger partial charge in [0, 0.05) is 12.1 Å². The van der Waals surface area contributed by atoms with Gasteiger partial charge in [0.2, 0.25) is 11.8 Å². The topological polar surface area (TPSA) is 96.0 Å². The van der Waals surface area contributed by atoms with Crippen molar-refractivity contribution in [3.05, 3.63) is 90.0 Å². The number of rotatable bonds is 11. The fourth-order valence-corrected chi connectivity index (χ4v) is 5.51. The van der Waals surface area contributed by atoms with Crippen molar-refractivity contribution >= 4 is 27.5 Å². The molecule has 0 radical (unpaired) electrons. The lowest BCUT2D eigenvalue weighted by molar-refractivity contribution is -0.140. The molecule has 40 heavy (non-hydrogen) atoms. The van der Waals surface area contributed by atoms with Crippen molar-refractivity contribution in [1.29, 1.82) is 0 Å². The van der Waals surface area contributed by atoms with E-state index in [0.29, 0.717) is 18.0 Å². The second kappa shape index (κ2) is 13.0. The summed E-state index contributed by atoms with van der Waals surface area (Å²) in [6.45, 7) is 11.2. The monoisotopic (exact) mass is 565 g/mol. The number of carbonyl (C=O) groups is 2. The fourth-order valence-electron chi connectivity index (χ4n) is 4.07. The van der Waals surface area contributed by atoms with Crippen LogP contribution in [0, 0.1) is 6.92 Å². The van der Waals surface area contributed by atoms with Crippen LogP contribution in [0.15, 0.2) is 83.8 Å². The second-order valence-corrected chi connectivity index (χ2v) is 12.5. The van der Waals surface area contributed by atoms with Gasteiger partial charge in [0.15, 0.2) is 0 Å². The average Bonchev–Trinajstić information content (AvgIpc) is 2.91.